The van der Waals surface area contributed by atoms with E-state index < -0.39 is 6.09 Å². The Hall–Kier alpha value is -0.820. The number of rotatable bonds is 1. The number of nitrogens with zero attached hydrogens (tertiary/aromatic N) is 3. The van der Waals surface area contributed by atoms with E-state index in [0.29, 0.717) is 0 Å². The molecule has 1 N–H and O–H groups in total. The maximum Gasteiger partial charge on any atom is 0.407 e. The molecule has 0 radical (unpaired) electrons. The van der Waals surface area contributed by atoms with Crippen molar-refractivity contribution in [3.8, 4) is 0 Å². The molecule has 7 heteroatoms. The predicted octanol–water partition coefficient (Wildman–Crippen LogP) is 1.85. The van der Waals surface area contributed by atoms with Crippen molar-refractivity contribution in [2.75, 3.05) is 18.0 Å². The molecule has 86 valence electrons. The first kappa shape index (κ1) is 10.3. The second-order valence-corrected chi connectivity index (χ2v) is 6.47. The fourth-order valence-corrected chi connectivity index (χ4v) is 3.67. The second-order valence-electron chi connectivity index (χ2n) is 4.09. The summed E-state index contributed by atoms with van der Waals surface area (Å²) in [6, 6.07) is 0.304. The molecule has 3 fully saturated rings. The lowest BCUT2D eigenvalue weighted by Crippen LogP contribution is -2.70. The summed E-state index contributed by atoms with van der Waals surface area (Å²) in [5.74, 6) is 0. The van der Waals surface area contributed by atoms with Crippen LogP contribution in [0.3, 0.4) is 0 Å². The van der Waals surface area contributed by atoms with Gasteiger partial charge in [-0.2, -0.15) is 0 Å². The van der Waals surface area contributed by atoms with Crippen LogP contribution in [0.5, 0.6) is 0 Å². The monoisotopic (exact) mass is 303 g/mol. The highest BCUT2D eigenvalue weighted by molar-refractivity contribution is 9.11. The van der Waals surface area contributed by atoms with Crippen molar-refractivity contribution in [3.05, 3.63) is 9.98 Å². The van der Waals surface area contributed by atoms with E-state index in [-0.39, 0.29) is 12.1 Å². The maximum absolute atomic E-state index is 10.9. The Labute approximate surface area is 105 Å². The molecule has 4 rings (SSSR count). The zero-order valence-electron chi connectivity index (χ0n) is 8.34. The summed E-state index contributed by atoms with van der Waals surface area (Å²) in [7, 11) is 0. The number of hydrogen-bond acceptors (Lipinski definition) is 4. The highest BCUT2D eigenvalue weighted by Gasteiger charge is 2.47. The van der Waals surface area contributed by atoms with E-state index in [0.717, 1.165) is 28.4 Å². The van der Waals surface area contributed by atoms with Crippen LogP contribution in [0.4, 0.5) is 9.93 Å². The number of amides is 1. The van der Waals surface area contributed by atoms with Gasteiger partial charge in [0, 0.05) is 13.1 Å². The van der Waals surface area contributed by atoms with Crippen molar-refractivity contribution in [2.45, 2.75) is 18.5 Å². The number of piperazine rings is 1. The molecule has 0 saturated carbocycles. The smallest absolute Gasteiger partial charge is 0.407 e. The minimum absolute atomic E-state index is 0.152. The van der Waals surface area contributed by atoms with E-state index in [1.54, 1.807) is 22.4 Å². The minimum Gasteiger partial charge on any atom is -0.465 e. The molecule has 2 atom stereocenters. The summed E-state index contributed by atoms with van der Waals surface area (Å²) < 4.78 is 1.01. The van der Waals surface area contributed by atoms with Gasteiger partial charge in [0.1, 0.15) is 0 Å². The van der Waals surface area contributed by atoms with Crippen molar-refractivity contribution in [1.29, 1.82) is 0 Å². The number of thiazole rings is 1. The molecule has 4 heterocycles. The number of carbonyl (C=O) groups is 1. The van der Waals surface area contributed by atoms with Gasteiger partial charge in [0.2, 0.25) is 0 Å². The van der Waals surface area contributed by atoms with E-state index >= 15 is 0 Å². The lowest BCUT2D eigenvalue weighted by Gasteiger charge is -2.54. The van der Waals surface area contributed by atoms with Crippen molar-refractivity contribution in [2.24, 2.45) is 0 Å². The molecule has 3 aliphatic rings. The molecular weight excluding hydrogens is 294 g/mol. The second kappa shape index (κ2) is 3.59. The Bertz CT molecular complexity index is 426. The molecule has 3 aliphatic heterocycles. The Balaban J connectivity index is 1.74. The predicted molar refractivity (Wildman–Crippen MR) is 64.1 cm³/mol. The first-order chi connectivity index (χ1) is 7.65. The van der Waals surface area contributed by atoms with Gasteiger partial charge in [0.05, 0.1) is 22.1 Å². The first-order valence-electron chi connectivity index (χ1n) is 5.02. The normalized spacial score (nSPS) is 27.8. The lowest BCUT2D eigenvalue weighted by atomic mass is 9.88. The van der Waals surface area contributed by atoms with Crippen LogP contribution in [0.1, 0.15) is 6.42 Å². The Morgan fingerprint density at radius 2 is 2.25 bits per heavy atom. The number of aromatic nitrogens is 1. The first-order valence-corrected chi connectivity index (χ1v) is 6.63. The van der Waals surface area contributed by atoms with Crippen LogP contribution in [-0.2, 0) is 0 Å². The molecule has 5 nitrogen and oxygen atoms in total. The van der Waals surface area contributed by atoms with Gasteiger partial charge in [-0.25, -0.2) is 9.78 Å². The van der Waals surface area contributed by atoms with Gasteiger partial charge in [-0.05, 0) is 22.4 Å². The van der Waals surface area contributed by atoms with Gasteiger partial charge >= 0.3 is 6.09 Å². The zero-order valence-corrected chi connectivity index (χ0v) is 10.7. The molecule has 0 aromatic carbocycles. The van der Waals surface area contributed by atoms with Crippen molar-refractivity contribution >= 4 is 38.5 Å². The Kier molecular flexibility index (Phi) is 2.32. The topological polar surface area (TPSA) is 56.7 Å². The Morgan fingerprint density at radius 1 is 1.56 bits per heavy atom. The van der Waals surface area contributed by atoms with Gasteiger partial charge < -0.3 is 10.0 Å². The van der Waals surface area contributed by atoms with E-state index in [9.17, 15) is 4.79 Å². The highest BCUT2D eigenvalue weighted by atomic mass is 79.9. The van der Waals surface area contributed by atoms with Crippen LogP contribution in [0.15, 0.2) is 9.98 Å². The molecule has 0 spiro atoms. The summed E-state index contributed by atoms with van der Waals surface area (Å²) in [4.78, 5) is 19.0. The van der Waals surface area contributed by atoms with Gasteiger partial charge in [-0.3, -0.25) is 4.90 Å². The maximum atomic E-state index is 10.9. The van der Waals surface area contributed by atoms with Crippen LogP contribution >= 0.6 is 27.3 Å². The number of anilines is 1. The summed E-state index contributed by atoms with van der Waals surface area (Å²) in [5, 5.41) is 9.97. The standard InChI is InChI=1S/C9H10BrN3O2S/c10-7-2-11-8(16-7)12-3-5-1-6(4-12)13(5)9(14)15/h2,5-6H,1,3-4H2,(H,14,15). The molecule has 1 aromatic heterocycles. The summed E-state index contributed by atoms with van der Waals surface area (Å²) in [6.45, 7) is 1.53. The molecule has 1 amide bonds. The van der Waals surface area contributed by atoms with Crippen molar-refractivity contribution in [3.63, 3.8) is 0 Å². The highest BCUT2D eigenvalue weighted by Crippen LogP contribution is 2.36. The number of halogens is 1. The average molecular weight is 304 g/mol. The number of fused-ring (bicyclic) bond motifs is 2. The van der Waals surface area contributed by atoms with Crippen LogP contribution in [0.25, 0.3) is 0 Å². The van der Waals surface area contributed by atoms with Crippen molar-refractivity contribution < 1.29 is 9.90 Å². The van der Waals surface area contributed by atoms with E-state index in [1.165, 1.54) is 0 Å². The van der Waals surface area contributed by atoms with Gasteiger partial charge in [0.15, 0.2) is 5.13 Å². The van der Waals surface area contributed by atoms with E-state index in [1.807, 2.05) is 0 Å². The molecule has 2 bridgehead atoms. The van der Waals surface area contributed by atoms with E-state index in [2.05, 4.69) is 25.8 Å². The number of piperidine rings is 1. The molecule has 0 aliphatic carbocycles. The number of carboxylic acid groups (broad SMARTS) is 1. The van der Waals surface area contributed by atoms with Gasteiger partial charge in [-0.15, -0.1) is 0 Å². The fourth-order valence-electron chi connectivity index (χ4n) is 2.47. The van der Waals surface area contributed by atoms with Crippen molar-refractivity contribution in [1.82, 2.24) is 9.88 Å². The quantitative estimate of drug-likeness (QED) is 0.860. The molecular formula is C9H10BrN3O2S. The zero-order chi connectivity index (χ0) is 11.3. The summed E-state index contributed by atoms with van der Waals surface area (Å²) >= 11 is 4.98. The number of hydrogen-bond donors (Lipinski definition) is 1. The Morgan fingerprint density at radius 3 is 2.75 bits per heavy atom. The molecule has 3 saturated heterocycles. The third kappa shape index (κ3) is 1.49. The fraction of sp³-hybridized carbons (Fsp3) is 0.556. The van der Waals surface area contributed by atoms with Gasteiger partial charge in [-0.1, -0.05) is 11.3 Å². The third-order valence-electron chi connectivity index (χ3n) is 3.15. The van der Waals surface area contributed by atoms with Gasteiger partial charge in [0.25, 0.3) is 0 Å². The van der Waals surface area contributed by atoms with Crippen LogP contribution in [0, 0.1) is 0 Å². The van der Waals surface area contributed by atoms with Crippen LogP contribution in [-0.4, -0.2) is 46.3 Å². The third-order valence-corrected chi connectivity index (χ3v) is 4.69. The molecule has 1 aromatic rings. The summed E-state index contributed by atoms with van der Waals surface area (Å²) in [6.07, 6.45) is 1.99. The SMILES string of the molecule is O=C(O)N1C2CC1CN(c1ncc(Br)s1)C2. The van der Waals surface area contributed by atoms with E-state index in [4.69, 9.17) is 5.11 Å². The average Bonchev–Trinajstić information content (AvgIpc) is 2.64. The molecule has 16 heavy (non-hydrogen) atoms. The summed E-state index contributed by atoms with van der Waals surface area (Å²) in [5.41, 5.74) is 0. The van der Waals surface area contributed by atoms with Crippen LogP contribution in [0.2, 0.25) is 0 Å². The minimum atomic E-state index is -0.791. The largest absolute Gasteiger partial charge is 0.465 e. The molecule has 2 unspecified atom stereocenters. The lowest BCUT2D eigenvalue weighted by molar-refractivity contribution is 0.0115. The van der Waals surface area contributed by atoms with Crippen LogP contribution < -0.4 is 4.90 Å².